The first kappa shape index (κ1) is 16.8. The van der Waals surface area contributed by atoms with Crippen LogP contribution in [0.2, 0.25) is 5.02 Å². The van der Waals surface area contributed by atoms with Gasteiger partial charge in [-0.15, -0.1) is 0 Å². The highest BCUT2D eigenvalue weighted by Crippen LogP contribution is 2.24. The minimum Gasteiger partial charge on any atom is -0.347 e. The number of carbonyl (C=O) groups is 1. The molecular weight excluding hydrogens is 348 g/mol. The fourth-order valence-electron chi connectivity index (χ4n) is 3.03. The number of nitrogens with zero attached hydrogens (tertiary/aromatic N) is 2. The molecule has 1 amide bonds. The Morgan fingerprint density at radius 1 is 1.19 bits per heavy atom. The van der Waals surface area contributed by atoms with Crippen LogP contribution in [0.15, 0.2) is 54.6 Å². The first-order chi connectivity index (χ1) is 12.6. The highest BCUT2D eigenvalue weighted by atomic mass is 35.5. The lowest BCUT2D eigenvalue weighted by molar-refractivity contribution is 0.0900. The second kappa shape index (κ2) is 6.94. The number of aromatic nitrogens is 2. The molecule has 0 fully saturated rings. The number of fused-ring (bicyclic) bond motifs is 1. The third kappa shape index (κ3) is 3.36. The van der Waals surface area contributed by atoms with E-state index >= 15 is 0 Å². The van der Waals surface area contributed by atoms with Crippen LogP contribution in [0.3, 0.4) is 0 Å². The molecule has 1 aromatic heterocycles. The van der Waals surface area contributed by atoms with E-state index in [4.69, 9.17) is 11.6 Å². The maximum atomic E-state index is 12.2. The molecule has 5 nitrogen and oxygen atoms in total. The van der Waals surface area contributed by atoms with Crippen LogP contribution in [-0.4, -0.2) is 22.2 Å². The van der Waals surface area contributed by atoms with Crippen molar-refractivity contribution in [2.45, 2.75) is 19.6 Å². The average molecular weight is 367 g/mol. The minimum atomic E-state index is -0.105. The number of hydrogen-bond acceptors (Lipinski definition) is 3. The third-order valence-corrected chi connectivity index (χ3v) is 4.77. The number of rotatable bonds is 4. The number of aryl methyl sites for hydroxylation is 1. The van der Waals surface area contributed by atoms with E-state index in [1.54, 1.807) is 4.68 Å². The summed E-state index contributed by atoms with van der Waals surface area (Å²) in [6, 6.07) is 17.7. The molecule has 4 rings (SSSR count). The summed E-state index contributed by atoms with van der Waals surface area (Å²) in [6.07, 6.45) is -0.0925. The van der Waals surface area contributed by atoms with Gasteiger partial charge in [-0.25, -0.2) is 4.68 Å². The number of halogens is 1. The molecule has 1 aliphatic heterocycles. The lowest BCUT2D eigenvalue weighted by Crippen LogP contribution is -2.45. The molecule has 2 heterocycles. The largest absolute Gasteiger partial charge is 0.347 e. The smallest absolute Gasteiger partial charge is 0.269 e. The summed E-state index contributed by atoms with van der Waals surface area (Å²) in [5.74, 6) is -0.105. The van der Waals surface area contributed by atoms with E-state index in [1.807, 2.05) is 30.3 Å². The van der Waals surface area contributed by atoms with Gasteiger partial charge in [-0.3, -0.25) is 10.1 Å². The Morgan fingerprint density at radius 3 is 2.65 bits per heavy atom. The summed E-state index contributed by atoms with van der Waals surface area (Å²) in [4.78, 5) is 12.2. The van der Waals surface area contributed by atoms with Gasteiger partial charge in [-0.2, -0.15) is 5.10 Å². The van der Waals surface area contributed by atoms with Crippen LogP contribution in [0.4, 0.5) is 0 Å². The molecule has 0 spiro atoms. The van der Waals surface area contributed by atoms with Crippen LogP contribution in [0, 0.1) is 6.92 Å². The molecular formula is C20H19ClN4O. The molecule has 0 aliphatic carbocycles. The van der Waals surface area contributed by atoms with E-state index < -0.39 is 0 Å². The molecule has 2 N–H and O–H groups in total. The Balaban J connectivity index is 1.58. The monoisotopic (exact) mass is 366 g/mol. The van der Waals surface area contributed by atoms with Gasteiger partial charge in [-0.1, -0.05) is 53.6 Å². The van der Waals surface area contributed by atoms with Crippen molar-refractivity contribution in [3.63, 3.8) is 0 Å². The quantitative estimate of drug-likeness (QED) is 0.742. The van der Waals surface area contributed by atoms with Gasteiger partial charge in [0.05, 0.1) is 12.2 Å². The van der Waals surface area contributed by atoms with Crippen LogP contribution in [0.25, 0.3) is 11.3 Å². The lowest BCUT2D eigenvalue weighted by Gasteiger charge is -2.25. The Kier molecular flexibility index (Phi) is 4.49. The Hall–Kier alpha value is -2.63. The van der Waals surface area contributed by atoms with Gasteiger partial charge in [-0.05, 0) is 30.7 Å². The summed E-state index contributed by atoms with van der Waals surface area (Å²) in [5, 5.41) is 11.7. The standard InChI is InChI=1S/C20H19ClN4O/c1-13-2-4-14(5-3-13)11-22-19-12-23-20(26)18-10-17(24-25(18)19)15-6-8-16(21)9-7-15/h2-10,19,22H,11-12H2,1H3,(H,23,26)/t19-/m1/s1. The lowest BCUT2D eigenvalue weighted by atomic mass is 10.1. The number of amides is 1. The zero-order chi connectivity index (χ0) is 18.1. The summed E-state index contributed by atoms with van der Waals surface area (Å²) in [6.45, 7) is 3.28. The summed E-state index contributed by atoms with van der Waals surface area (Å²) in [7, 11) is 0. The first-order valence-corrected chi connectivity index (χ1v) is 8.90. The predicted octanol–water partition coefficient (Wildman–Crippen LogP) is 3.54. The Morgan fingerprint density at radius 2 is 1.92 bits per heavy atom. The van der Waals surface area contributed by atoms with Crippen molar-refractivity contribution in [3.8, 4) is 11.3 Å². The molecule has 2 aromatic carbocycles. The molecule has 0 unspecified atom stereocenters. The van der Waals surface area contributed by atoms with Gasteiger partial charge in [0.2, 0.25) is 0 Å². The van der Waals surface area contributed by atoms with Crippen molar-refractivity contribution in [3.05, 3.63) is 76.4 Å². The molecule has 0 bridgehead atoms. The molecule has 6 heteroatoms. The second-order valence-corrected chi connectivity index (χ2v) is 6.90. The highest BCUT2D eigenvalue weighted by molar-refractivity contribution is 6.30. The van der Waals surface area contributed by atoms with Crippen molar-refractivity contribution in [1.29, 1.82) is 0 Å². The molecule has 0 radical (unpaired) electrons. The van der Waals surface area contributed by atoms with Crippen molar-refractivity contribution in [2.75, 3.05) is 6.54 Å². The normalized spacial score (nSPS) is 16.2. The van der Waals surface area contributed by atoms with Gasteiger partial charge in [0.1, 0.15) is 11.9 Å². The molecule has 0 saturated heterocycles. The molecule has 3 aromatic rings. The van der Waals surface area contributed by atoms with E-state index in [2.05, 4.69) is 46.9 Å². The zero-order valence-electron chi connectivity index (χ0n) is 14.4. The van der Waals surface area contributed by atoms with E-state index in [9.17, 15) is 4.79 Å². The maximum absolute atomic E-state index is 12.2. The highest BCUT2D eigenvalue weighted by Gasteiger charge is 2.27. The fourth-order valence-corrected chi connectivity index (χ4v) is 3.16. The fraction of sp³-hybridized carbons (Fsp3) is 0.200. The van der Waals surface area contributed by atoms with Gasteiger partial charge >= 0.3 is 0 Å². The third-order valence-electron chi connectivity index (χ3n) is 4.52. The maximum Gasteiger partial charge on any atom is 0.269 e. The number of nitrogens with one attached hydrogen (secondary N) is 2. The SMILES string of the molecule is Cc1ccc(CN[C@H]2CNC(=O)c3cc(-c4ccc(Cl)cc4)nn32)cc1. The van der Waals surface area contributed by atoms with Crippen molar-refractivity contribution >= 4 is 17.5 Å². The number of benzene rings is 2. The van der Waals surface area contributed by atoms with Crippen molar-refractivity contribution in [2.24, 2.45) is 0 Å². The van der Waals surface area contributed by atoms with Gasteiger partial charge in [0.25, 0.3) is 5.91 Å². The average Bonchev–Trinajstić information content (AvgIpc) is 3.10. The number of carbonyl (C=O) groups excluding carboxylic acids is 1. The molecule has 0 saturated carbocycles. The predicted molar refractivity (Wildman–Crippen MR) is 102 cm³/mol. The van der Waals surface area contributed by atoms with E-state index in [0.717, 1.165) is 11.3 Å². The minimum absolute atomic E-state index is 0.0925. The molecule has 1 atom stereocenters. The van der Waals surface area contributed by atoms with Crippen LogP contribution in [-0.2, 0) is 6.54 Å². The molecule has 26 heavy (non-hydrogen) atoms. The summed E-state index contributed by atoms with van der Waals surface area (Å²) in [5.41, 5.74) is 4.68. The Bertz CT molecular complexity index is 931. The van der Waals surface area contributed by atoms with Crippen molar-refractivity contribution in [1.82, 2.24) is 20.4 Å². The van der Waals surface area contributed by atoms with E-state index in [-0.39, 0.29) is 12.1 Å². The first-order valence-electron chi connectivity index (χ1n) is 8.53. The van der Waals surface area contributed by atoms with Crippen LogP contribution in [0.5, 0.6) is 0 Å². The summed E-state index contributed by atoms with van der Waals surface area (Å²) >= 11 is 5.96. The van der Waals surface area contributed by atoms with Crippen LogP contribution in [0.1, 0.15) is 27.8 Å². The van der Waals surface area contributed by atoms with Crippen molar-refractivity contribution < 1.29 is 4.79 Å². The molecule has 132 valence electrons. The second-order valence-electron chi connectivity index (χ2n) is 6.46. The Labute approximate surface area is 157 Å². The van der Waals surface area contributed by atoms with E-state index in [0.29, 0.717) is 23.8 Å². The van der Waals surface area contributed by atoms with E-state index in [1.165, 1.54) is 11.1 Å². The zero-order valence-corrected chi connectivity index (χ0v) is 15.1. The number of hydrogen-bond donors (Lipinski definition) is 2. The topological polar surface area (TPSA) is 58.9 Å². The van der Waals surface area contributed by atoms with Crippen LogP contribution < -0.4 is 10.6 Å². The molecule has 1 aliphatic rings. The summed E-state index contributed by atoms with van der Waals surface area (Å²) < 4.78 is 1.77. The van der Waals surface area contributed by atoms with Crippen LogP contribution >= 0.6 is 11.6 Å². The van der Waals surface area contributed by atoms with Gasteiger partial charge < -0.3 is 5.32 Å². The van der Waals surface area contributed by atoms with Gasteiger partial charge in [0.15, 0.2) is 0 Å². The van der Waals surface area contributed by atoms with Gasteiger partial charge in [0, 0.05) is 17.1 Å².